The first-order valence-electron chi connectivity index (χ1n) is 6.49. The Morgan fingerprint density at radius 2 is 1.60 bits per heavy atom. The molecule has 1 aromatic rings. The largest absolute Gasteiger partial charge is 0.504 e. The van der Waals surface area contributed by atoms with Crippen molar-refractivity contribution in [3.05, 3.63) is 17.7 Å². The molecule has 142 valence electrons. The van der Waals surface area contributed by atoms with E-state index in [1.165, 1.54) is 0 Å². The Labute approximate surface area is 140 Å². The lowest BCUT2D eigenvalue weighted by Crippen LogP contribution is -2.64. The third-order valence-corrected chi connectivity index (χ3v) is 2.96. The molecule has 0 saturated heterocycles. The second kappa shape index (κ2) is 9.12. The predicted octanol–water partition coefficient (Wildman–Crippen LogP) is -3.59. The summed E-state index contributed by atoms with van der Waals surface area (Å²) in [5.41, 5.74) is 2.05. The lowest BCUT2D eigenvalue weighted by atomic mass is 9.97. The number of hydrogen-bond acceptors (Lipinski definition) is 11. The SMILES string of the molecule is N[C@](O)(C(O)CO)C(O)C(O)C=O.O=C(O)c1cc(O)c(O)c(O)c1. The van der Waals surface area contributed by atoms with Crippen LogP contribution in [0.1, 0.15) is 10.4 Å². The molecule has 1 aromatic carbocycles. The fourth-order valence-electron chi connectivity index (χ4n) is 1.42. The zero-order valence-corrected chi connectivity index (χ0v) is 12.6. The van der Waals surface area contributed by atoms with E-state index in [2.05, 4.69) is 0 Å². The summed E-state index contributed by atoms with van der Waals surface area (Å²) in [6.45, 7) is -0.907. The van der Waals surface area contributed by atoms with Crippen LogP contribution in [-0.2, 0) is 4.79 Å². The summed E-state index contributed by atoms with van der Waals surface area (Å²) < 4.78 is 0. The fourth-order valence-corrected chi connectivity index (χ4v) is 1.42. The molecule has 0 heterocycles. The maximum Gasteiger partial charge on any atom is 0.335 e. The minimum Gasteiger partial charge on any atom is -0.504 e. The van der Waals surface area contributed by atoms with E-state index in [1.807, 2.05) is 0 Å². The maximum absolute atomic E-state index is 10.3. The monoisotopic (exact) mass is 365 g/mol. The summed E-state index contributed by atoms with van der Waals surface area (Å²) in [5.74, 6) is -3.33. The number of hydrogen-bond donors (Lipinski definition) is 10. The molecule has 1 rings (SSSR count). The van der Waals surface area contributed by atoms with Gasteiger partial charge in [-0.25, -0.2) is 4.79 Å². The Morgan fingerprint density at radius 1 is 1.16 bits per heavy atom. The van der Waals surface area contributed by atoms with Crippen LogP contribution in [-0.4, -0.2) is 88.9 Å². The van der Waals surface area contributed by atoms with Gasteiger partial charge < -0.3 is 50.8 Å². The minimum atomic E-state index is -2.63. The molecule has 3 unspecified atom stereocenters. The maximum atomic E-state index is 10.3. The molecule has 0 saturated carbocycles. The smallest absolute Gasteiger partial charge is 0.335 e. The van der Waals surface area contributed by atoms with E-state index in [1.54, 1.807) is 0 Å². The summed E-state index contributed by atoms with van der Waals surface area (Å²) in [5, 5.41) is 79.2. The second-order valence-electron chi connectivity index (χ2n) is 4.83. The summed E-state index contributed by atoms with van der Waals surface area (Å²) in [4.78, 5) is 20.3. The van der Waals surface area contributed by atoms with Gasteiger partial charge in [-0.3, -0.25) is 5.73 Å². The van der Waals surface area contributed by atoms with Crippen molar-refractivity contribution in [2.24, 2.45) is 5.73 Å². The van der Waals surface area contributed by atoms with Crippen LogP contribution in [0, 0.1) is 0 Å². The van der Waals surface area contributed by atoms with Gasteiger partial charge in [-0.15, -0.1) is 0 Å². The third kappa shape index (κ3) is 5.82. The number of nitrogens with two attached hydrogens (primary N) is 1. The van der Waals surface area contributed by atoms with Gasteiger partial charge in [0.05, 0.1) is 12.2 Å². The van der Waals surface area contributed by atoms with Gasteiger partial charge in [0, 0.05) is 0 Å². The van der Waals surface area contributed by atoms with Crippen molar-refractivity contribution in [2.75, 3.05) is 6.61 Å². The number of carbonyl (C=O) groups is 2. The van der Waals surface area contributed by atoms with Gasteiger partial charge in [-0.05, 0) is 12.1 Å². The van der Waals surface area contributed by atoms with E-state index in [9.17, 15) is 9.59 Å². The number of aromatic carboxylic acids is 1. The molecule has 0 amide bonds. The number of rotatable bonds is 6. The molecular formula is C13H19NO11. The Kier molecular flexibility index (Phi) is 8.22. The number of phenols is 3. The molecule has 0 radical (unpaired) electrons. The average Bonchev–Trinajstić information content (AvgIpc) is 2.57. The normalized spacial score (nSPS) is 16.6. The molecule has 0 aliphatic heterocycles. The summed E-state index contributed by atoms with van der Waals surface area (Å²) in [6, 6.07) is 1.69. The zero-order chi connectivity index (χ0) is 19.9. The standard InChI is InChI=1S/C7H6O5.C6H13NO6/c8-4-1-3(7(11)12)2-5(9)6(4)10;7-6(13,4(11)2-9)5(12)3(10)1-8/h1-2,8-10H,(H,11,12);1,3-5,9-13H,2,7H2/t;3?,4?,5?,6-/m.0/s1. The van der Waals surface area contributed by atoms with Crippen LogP contribution in [0.2, 0.25) is 0 Å². The van der Waals surface area contributed by atoms with Crippen molar-refractivity contribution in [1.29, 1.82) is 0 Å². The average molecular weight is 365 g/mol. The van der Waals surface area contributed by atoms with Crippen LogP contribution >= 0.6 is 0 Å². The van der Waals surface area contributed by atoms with E-state index in [4.69, 9.17) is 51.7 Å². The molecule has 12 nitrogen and oxygen atoms in total. The highest BCUT2D eigenvalue weighted by atomic mass is 16.4. The number of carboxylic acid groups (broad SMARTS) is 1. The van der Waals surface area contributed by atoms with E-state index >= 15 is 0 Å². The van der Waals surface area contributed by atoms with Crippen LogP contribution in [0.4, 0.5) is 0 Å². The summed E-state index contributed by atoms with van der Waals surface area (Å²) >= 11 is 0. The van der Waals surface area contributed by atoms with Gasteiger partial charge in [0.25, 0.3) is 0 Å². The number of carboxylic acids is 1. The molecule has 0 aliphatic carbocycles. The van der Waals surface area contributed by atoms with Gasteiger partial charge in [0.2, 0.25) is 0 Å². The van der Waals surface area contributed by atoms with Gasteiger partial charge in [-0.1, -0.05) is 0 Å². The second-order valence-corrected chi connectivity index (χ2v) is 4.83. The van der Waals surface area contributed by atoms with Crippen molar-refractivity contribution >= 4 is 12.3 Å². The Bertz CT molecular complexity index is 581. The Hall–Kier alpha value is -2.48. The van der Waals surface area contributed by atoms with Crippen molar-refractivity contribution in [3.8, 4) is 17.2 Å². The van der Waals surface area contributed by atoms with Gasteiger partial charge in [0.15, 0.2) is 29.3 Å². The highest BCUT2D eigenvalue weighted by Gasteiger charge is 2.42. The molecule has 0 spiro atoms. The lowest BCUT2D eigenvalue weighted by molar-refractivity contribution is -0.181. The number of benzene rings is 1. The van der Waals surface area contributed by atoms with E-state index in [0.29, 0.717) is 0 Å². The van der Waals surface area contributed by atoms with Crippen LogP contribution in [0.25, 0.3) is 0 Å². The van der Waals surface area contributed by atoms with Gasteiger partial charge in [-0.2, -0.15) is 0 Å². The first-order valence-corrected chi connectivity index (χ1v) is 6.49. The van der Waals surface area contributed by atoms with Gasteiger partial charge >= 0.3 is 5.97 Å². The summed E-state index contributed by atoms with van der Waals surface area (Å²) in [7, 11) is 0. The van der Waals surface area contributed by atoms with E-state index in [-0.39, 0.29) is 11.8 Å². The number of aldehydes is 1. The van der Waals surface area contributed by atoms with Crippen molar-refractivity contribution in [2.45, 2.75) is 24.0 Å². The summed E-state index contributed by atoms with van der Waals surface area (Å²) in [6.07, 6.45) is -5.88. The van der Waals surface area contributed by atoms with Crippen LogP contribution in [0.3, 0.4) is 0 Å². The Balaban J connectivity index is 0.000000462. The predicted molar refractivity (Wildman–Crippen MR) is 78.7 cm³/mol. The molecule has 0 aromatic heterocycles. The van der Waals surface area contributed by atoms with Crippen LogP contribution in [0.5, 0.6) is 17.2 Å². The first-order chi connectivity index (χ1) is 11.4. The third-order valence-electron chi connectivity index (χ3n) is 2.96. The molecule has 0 bridgehead atoms. The topological polar surface area (TPSA) is 242 Å². The van der Waals surface area contributed by atoms with Crippen molar-refractivity contribution < 1.29 is 55.5 Å². The molecule has 0 fully saturated rings. The van der Waals surface area contributed by atoms with Crippen molar-refractivity contribution in [3.63, 3.8) is 0 Å². The van der Waals surface area contributed by atoms with Crippen LogP contribution < -0.4 is 5.73 Å². The number of phenolic OH excluding ortho intramolecular Hbond substituents is 3. The van der Waals surface area contributed by atoms with E-state index in [0.717, 1.165) is 12.1 Å². The highest BCUT2D eigenvalue weighted by Crippen LogP contribution is 2.35. The molecule has 11 N–H and O–H groups in total. The molecule has 12 heteroatoms. The molecular weight excluding hydrogens is 346 g/mol. The lowest BCUT2D eigenvalue weighted by Gasteiger charge is -2.33. The molecule has 25 heavy (non-hydrogen) atoms. The first kappa shape index (κ1) is 22.5. The molecule has 4 atom stereocenters. The zero-order valence-electron chi connectivity index (χ0n) is 12.6. The van der Waals surface area contributed by atoms with Crippen molar-refractivity contribution in [1.82, 2.24) is 0 Å². The van der Waals surface area contributed by atoms with E-state index < -0.39 is 53.9 Å². The fraction of sp³-hybridized carbons (Fsp3) is 0.385. The van der Waals surface area contributed by atoms with Gasteiger partial charge in [0.1, 0.15) is 18.3 Å². The number of aliphatic hydroxyl groups excluding tert-OH is 4. The number of carbonyl (C=O) groups excluding carboxylic acids is 1. The highest BCUT2D eigenvalue weighted by molar-refractivity contribution is 5.89. The van der Waals surface area contributed by atoms with Crippen LogP contribution in [0.15, 0.2) is 12.1 Å². The number of aromatic hydroxyl groups is 3. The minimum absolute atomic E-state index is 0.0490. The quantitative estimate of drug-likeness (QED) is 0.133. The number of aliphatic hydroxyl groups is 5. The Morgan fingerprint density at radius 3 is 1.92 bits per heavy atom. The molecule has 0 aliphatic rings.